The second kappa shape index (κ2) is 8.36. The zero-order chi connectivity index (χ0) is 19.2. The van der Waals surface area contributed by atoms with Gasteiger partial charge in [0.05, 0.1) is 18.2 Å². The lowest BCUT2D eigenvalue weighted by atomic mass is 9.99. The number of nitrogens with one attached hydrogen (secondary N) is 2. The van der Waals surface area contributed by atoms with Crippen LogP contribution in [0.4, 0.5) is 0 Å². The molecule has 138 valence electrons. The highest BCUT2D eigenvalue weighted by Gasteiger charge is 2.18. The number of rotatable bonds is 6. The first kappa shape index (κ1) is 18.5. The molecule has 5 nitrogen and oxygen atoms in total. The van der Waals surface area contributed by atoms with Gasteiger partial charge < -0.3 is 15.1 Å². The largest absolute Gasteiger partial charge is 0.466 e. The molecular weight excluding hydrogens is 340 g/mol. The third-order valence-electron chi connectivity index (χ3n) is 4.27. The average Bonchev–Trinajstić information content (AvgIpc) is 3.03. The fraction of sp³-hybridized carbons (Fsp3) is 0.182. The molecule has 3 rings (SSSR count). The molecule has 1 heterocycles. The first-order valence-corrected chi connectivity index (χ1v) is 8.79. The highest BCUT2D eigenvalue weighted by atomic mass is 16.3. The van der Waals surface area contributed by atoms with E-state index < -0.39 is 0 Å². The van der Waals surface area contributed by atoms with E-state index in [-0.39, 0.29) is 24.4 Å². The van der Waals surface area contributed by atoms with Crippen LogP contribution in [0, 0.1) is 13.8 Å². The molecule has 27 heavy (non-hydrogen) atoms. The molecule has 2 N–H and O–H groups in total. The standard InChI is InChI=1S/C22H22N2O3/c1-15-13-19(16(2)27-15)22(26)23-14-20(25)24-21(17-9-5-3-6-10-17)18-11-7-4-8-12-18/h3-13,21H,14H2,1-2H3,(H,23,26)(H,24,25). The summed E-state index contributed by atoms with van der Waals surface area (Å²) in [5.74, 6) is 0.613. The van der Waals surface area contributed by atoms with E-state index >= 15 is 0 Å². The molecule has 0 fully saturated rings. The molecule has 1 aromatic heterocycles. The summed E-state index contributed by atoms with van der Waals surface area (Å²) in [7, 11) is 0. The Bertz CT molecular complexity index is 878. The fourth-order valence-electron chi connectivity index (χ4n) is 2.97. The molecule has 2 amide bonds. The van der Waals surface area contributed by atoms with Crippen LogP contribution in [-0.4, -0.2) is 18.4 Å². The average molecular weight is 362 g/mol. The predicted octanol–water partition coefficient (Wildman–Crippen LogP) is 3.53. The van der Waals surface area contributed by atoms with Crippen LogP contribution in [0.25, 0.3) is 0 Å². The maximum atomic E-state index is 12.5. The first-order chi connectivity index (χ1) is 13.0. The molecule has 0 bridgehead atoms. The predicted molar refractivity (Wildman–Crippen MR) is 103 cm³/mol. The lowest BCUT2D eigenvalue weighted by Crippen LogP contribution is -2.39. The molecule has 0 aliphatic carbocycles. The van der Waals surface area contributed by atoms with Gasteiger partial charge in [-0.05, 0) is 31.0 Å². The highest BCUT2D eigenvalue weighted by Crippen LogP contribution is 2.21. The van der Waals surface area contributed by atoms with E-state index in [0.717, 1.165) is 11.1 Å². The molecule has 0 aliphatic rings. The normalized spacial score (nSPS) is 10.6. The lowest BCUT2D eigenvalue weighted by Gasteiger charge is -2.20. The van der Waals surface area contributed by atoms with Crippen LogP contribution in [0.5, 0.6) is 0 Å². The molecule has 5 heteroatoms. The summed E-state index contributed by atoms with van der Waals surface area (Å²) in [4.78, 5) is 24.7. The topological polar surface area (TPSA) is 71.3 Å². The number of carbonyl (C=O) groups excluding carboxylic acids is 2. The Balaban J connectivity index is 1.68. The van der Waals surface area contributed by atoms with Gasteiger partial charge in [0.15, 0.2) is 0 Å². The van der Waals surface area contributed by atoms with Gasteiger partial charge >= 0.3 is 0 Å². The van der Waals surface area contributed by atoms with Gasteiger partial charge in [0.1, 0.15) is 11.5 Å². The molecule has 0 atom stereocenters. The van der Waals surface area contributed by atoms with Crippen LogP contribution in [0.1, 0.15) is 39.0 Å². The van der Waals surface area contributed by atoms with Crippen molar-refractivity contribution in [1.29, 1.82) is 0 Å². The van der Waals surface area contributed by atoms with Crippen molar-refractivity contribution in [2.75, 3.05) is 6.54 Å². The number of furan rings is 1. The molecule has 0 aliphatic heterocycles. The van der Waals surface area contributed by atoms with E-state index in [0.29, 0.717) is 17.1 Å². The van der Waals surface area contributed by atoms with Crippen LogP contribution in [-0.2, 0) is 4.79 Å². The lowest BCUT2D eigenvalue weighted by molar-refractivity contribution is -0.120. The molecule has 0 saturated heterocycles. The molecular formula is C22H22N2O3. The minimum atomic E-state index is -0.324. The summed E-state index contributed by atoms with van der Waals surface area (Å²) >= 11 is 0. The number of aryl methyl sites for hydroxylation is 2. The summed E-state index contributed by atoms with van der Waals surface area (Å²) in [6.07, 6.45) is 0. The molecule has 2 aromatic carbocycles. The van der Waals surface area contributed by atoms with Crippen molar-refractivity contribution in [1.82, 2.24) is 10.6 Å². The summed E-state index contributed by atoms with van der Waals surface area (Å²) in [6.45, 7) is 3.39. The van der Waals surface area contributed by atoms with Gasteiger partial charge in [-0.1, -0.05) is 60.7 Å². The van der Waals surface area contributed by atoms with Crippen LogP contribution in [0.15, 0.2) is 71.1 Å². The van der Waals surface area contributed by atoms with Gasteiger partial charge in [-0.3, -0.25) is 9.59 Å². The maximum Gasteiger partial charge on any atom is 0.255 e. The van der Waals surface area contributed by atoms with E-state index in [1.165, 1.54) is 0 Å². The van der Waals surface area contributed by atoms with E-state index in [1.54, 1.807) is 19.9 Å². The van der Waals surface area contributed by atoms with E-state index in [9.17, 15) is 9.59 Å². The Kier molecular flexibility index (Phi) is 5.71. The van der Waals surface area contributed by atoms with Crippen molar-refractivity contribution in [3.8, 4) is 0 Å². The van der Waals surface area contributed by atoms with Crippen LogP contribution < -0.4 is 10.6 Å². The zero-order valence-corrected chi connectivity index (χ0v) is 15.4. The smallest absolute Gasteiger partial charge is 0.255 e. The van der Waals surface area contributed by atoms with Crippen LogP contribution >= 0.6 is 0 Å². The summed E-state index contributed by atoms with van der Waals surface area (Å²) in [5, 5.41) is 5.65. The van der Waals surface area contributed by atoms with Gasteiger partial charge in [0.25, 0.3) is 5.91 Å². The Morgan fingerprint density at radius 1 is 0.926 bits per heavy atom. The van der Waals surface area contributed by atoms with Crippen molar-refractivity contribution in [3.05, 3.63) is 94.9 Å². The van der Waals surface area contributed by atoms with Gasteiger partial charge in [0.2, 0.25) is 5.91 Å². The van der Waals surface area contributed by atoms with Crippen molar-refractivity contribution >= 4 is 11.8 Å². The Morgan fingerprint density at radius 3 is 1.96 bits per heavy atom. The van der Waals surface area contributed by atoms with E-state index in [4.69, 9.17) is 4.42 Å². The molecule has 0 unspecified atom stereocenters. The van der Waals surface area contributed by atoms with Gasteiger partial charge in [-0.25, -0.2) is 0 Å². The summed E-state index contributed by atoms with van der Waals surface area (Å²) in [6, 6.07) is 20.9. The number of hydrogen-bond donors (Lipinski definition) is 2. The molecule has 0 saturated carbocycles. The van der Waals surface area contributed by atoms with Gasteiger partial charge in [-0.2, -0.15) is 0 Å². The van der Waals surface area contributed by atoms with Crippen molar-refractivity contribution in [3.63, 3.8) is 0 Å². The molecule has 3 aromatic rings. The number of hydrogen-bond acceptors (Lipinski definition) is 3. The summed E-state index contributed by atoms with van der Waals surface area (Å²) < 4.78 is 5.36. The Hall–Kier alpha value is -3.34. The number of carbonyl (C=O) groups is 2. The third kappa shape index (κ3) is 4.64. The molecule has 0 radical (unpaired) electrons. The monoisotopic (exact) mass is 362 g/mol. The zero-order valence-electron chi connectivity index (χ0n) is 15.4. The molecule has 0 spiro atoms. The van der Waals surface area contributed by atoms with Crippen molar-refractivity contribution < 1.29 is 14.0 Å². The van der Waals surface area contributed by atoms with E-state index in [2.05, 4.69) is 10.6 Å². The number of benzene rings is 2. The van der Waals surface area contributed by atoms with Gasteiger partial charge in [0, 0.05) is 0 Å². The van der Waals surface area contributed by atoms with Crippen molar-refractivity contribution in [2.24, 2.45) is 0 Å². The summed E-state index contributed by atoms with van der Waals surface area (Å²) in [5.41, 5.74) is 2.40. The fourth-order valence-corrected chi connectivity index (χ4v) is 2.97. The van der Waals surface area contributed by atoms with Crippen LogP contribution in [0.3, 0.4) is 0 Å². The van der Waals surface area contributed by atoms with Crippen LogP contribution in [0.2, 0.25) is 0 Å². The second-order valence-electron chi connectivity index (χ2n) is 6.33. The minimum Gasteiger partial charge on any atom is -0.466 e. The minimum absolute atomic E-state index is 0.112. The first-order valence-electron chi connectivity index (χ1n) is 8.79. The Labute approximate surface area is 158 Å². The van der Waals surface area contributed by atoms with Gasteiger partial charge in [-0.15, -0.1) is 0 Å². The van der Waals surface area contributed by atoms with Crippen molar-refractivity contribution in [2.45, 2.75) is 19.9 Å². The Morgan fingerprint density at radius 2 is 1.48 bits per heavy atom. The second-order valence-corrected chi connectivity index (χ2v) is 6.33. The number of amides is 2. The highest BCUT2D eigenvalue weighted by molar-refractivity contribution is 5.97. The maximum absolute atomic E-state index is 12.5. The third-order valence-corrected chi connectivity index (χ3v) is 4.27. The van der Waals surface area contributed by atoms with E-state index in [1.807, 2.05) is 60.7 Å². The SMILES string of the molecule is Cc1cc(C(=O)NCC(=O)NC(c2ccccc2)c2ccccc2)c(C)o1. The quantitative estimate of drug-likeness (QED) is 0.705.